The number of nitrogens with zero attached hydrogens (tertiary/aromatic N) is 1. The number of carbonyl (C=O) groups excluding carboxylic acids is 2. The second-order valence-corrected chi connectivity index (χ2v) is 7.36. The van der Waals surface area contributed by atoms with Crippen molar-refractivity contribution in [2.45, 2.75) is 31.5 Å². The Kier molecular flexibility index (Phi) is 8.36. The normalized spacial score (nSPS) is 21.5. The fourth-order valence-corrected chi connectivity index (χ4v) is 3.13. The Labute approximate surface area is 199 Å². The number of aliphatic hydroxyl groups is 2. The lowest BCUT2D eigenvalue weighted by molar-refractivity contribution is -0.384. The second kappa shape index (κ2) is 11.4. The number of nitro benzene ring substituents is 1. The van der Waals surface area contributed by atoms with Crippen LogP contribution in [0.1, 0.15) is 12.5 Å². The van der Waals surface area contributed by atoms with Gasteiger partial charge < -0.3 is 33.9 Å². The number of ether oxygens (including phenoxy) is 5. The molecule has 0 aliphatic carbocycles. The molecule has 12 nitrogen and oxygen atoms in total. The molecule has 35 heavy (non-hydrogen) atoms. The van der Waals surface area contributed by atoms with Crippen molar-refractivity contribution >= 4 is 23.7 Å². The summed E-state index contributed by atoms with van der Waals surface area (Å²) in [4.78, 5) is 33.4. The molecule has 12 heteroatoms. The van der Waals surface area contributed by atoms with Crippen LogP contribution in [0.5, 0.6) is 17.2 Å². The fourth-order valence-electron chi connectivity index (χ4n) is 3.13. The van der Waals surface area contributed by atoms with Crippen LogP contribution in [0.4, 0.5) is 5.69 Å². The molecule has 2 N–H and O–H groups in total. The van der Waals surface area contributed by atoms with Gasteiger partial charge in [-0.25, -0.2) is 4.79 Å². The van der Waals surface area contributed by atoms with E-state index in [0.29, 0.717) is 11.3 Å². The van der Waals surface area contributed by atoms with Crippen LogP contribution in [0, 0.1) is 10.1 Å². The lowest BCUT2D eigenvalue weighted by atomic mass is 10.1. The minimum absolute atomic E-state index is 0.137. The Hall–Kier alpha value is -4.00. The van der Waals surface area contributed by atoms with E-state index >= 15 is 0 Å². The van der Waals surface area contributed by atoms with Gasteiger partial charge in [0.15, 0.2) is 11.5 Å². The van der Waals surface area contributed by atoms with Crippen LogP contribution >= 0.6 is 0 Å². The van der Waals surface area contributed by atoms with E-state index in [2.05, 4.69) is 0 Å². The van der Waals surface area contributed by atoms with Crippen LogP contribution in [-0.4, -0.2) is 65.4 Å². The highest BCUT2D eigenvalue weighted by Crippen LogP contribution is 2.29. The molecule has 2 aromatic carbocycles. The minimum atomic E-state index is -1.44. The van der Waals surface area contributed by atoms with Gasteiger partial charge in [0.1, 0.15) is 30.7 Å². The third-order valence-corrected chi connectivity index (χ3v) is 4.86. The number of methoxy groups -OCH3 is 1. The first-order valence-corrected chi connectivity index (χ1v) is 10.3. The molecule has 1 heterocycles. The van der Waals surface area contributed by atoms with E-state index in [4.69, 9.17) is 23.7 Å². The number of nitro groups is 1. The Morgan fingerprint density at radius 2 is 1.83 bits per heavy atom. The van der Waals surface area contributed by atoms with Crippen molar-refractivity contribution < 1.29 is 48.4 Å². The van der Waals surface area contributed by atoms with E-state index in [9.17, 15) is 29.9 Å². The topological polar surface area (TPSA) is 164 Å². The van der Waals surface area contributed by atoms with E-state index in [1.54, 1.807) is 12.1 Å². The highest BCUT2D eigenvalue weighted by atomic mass is 16.7. The van der Waals surface area contributed by atoms with Gasteiger partial charge in [0, 0.05) is 25.1 Å². The molecule has 0 spiro atoms. The number of hydrogen-bond donors (Lipinski definition) is 2. The van der Waals surface area contributed by atoms with Gasteiger partial charge in [0.2, 0.25) is 6.29 Å². The maximum Gasteiger partial charge on any atom is 0.330 e. The molecule has 0 unspecified atom stereocenters. The highest BCUT2D eigenvalue weighted by molar-refractivity contribution is 5.87. The molecule has 0 amide bonds. The van der Waals surface area contributed by atoms with Gasteiger partial charge in [-0.2, -0.15) is 0 Å². The standard InChI is InChI=1S/C23H23NO11/c1-13(25)33-17-9-3-14(11-18(17)31-2)4-10-20(26)32-12-19-21(27)22(28)23(35-19)34-16-7-5-15(6-8-16)24(29)30/h3-11,19,21-23,27-28H,12H2,1-2H3/b10-4+/t19-,21-,22+,23+/m0/s1. The van der Waals surface area contributed by atoms with Crippen molar-refractivity contribution in [2.24, 2.45) is 0 Å². The average molecular weight is 489 g/mol. The first-order valence-electron chi connectivity index (χ1n) is 10.3. The van der Waals surface area contributed by atoms with Crippen molar-refractivity contribution in [1.82, 2.24) is 0 Å². The van der Waals surface area contributed by atoms with Crippen LogP contribution < -0.4 is 14.2 Å². The lowest BCUT2D eigenvalue weighted by Gasteiger charge is -2.16. The van der Waals surface area contributed by atoms with E-state index < -0.39 is 41.5 Å². The molecule has 1 fully saturated rings. The second-order valence-electron chi connectivity index (χ2n) is 7.36. The van der Waals surface area contributed by atoms with Crippen molar-refractivity contribution in [1.29, 1.82) is 0 Å². The summed E-state index contributed by atoms with van der Waals surface area (Å²) in [7, 11) is 1.41. The summed E-state index contributed by atoms with van der Waals surface area (Å²) in [6, 6.07) is 9.77. The number of carbonyl (C=O) groups is 2. The minimum Gasteiger partial charge on any atom is -0.493 e. The monoisotopic (exact) mass is 489 g/mol. The zero-order valence-electron chi connectivity index (χ0n) is 18.7. The molecule has 2 aromatic rings. The van der Waals surface area contributed by atoms with Gasteiger partial charge in [-0.3, -0.25) is 14.9 Å². The summed E-state index contributed by atoms with van der Waals surface area (Å²) < 4.78 is 26.1. The third-order valence-electron chi connectivity index (χ3n) is 4.86. The Morgan fingerprint density at radius 1 is 1.11 bits per heavy atom. The summed E-state index contributed by atoms with van der Waals surface area (Å²) in [6.07, 6.45) is -2.57. The molecule has 4 atom stereocenters. The van der Waals surface area contributed by atoms with Crippen LogP contribution in [0.2, 0.25) is 0 Å². The number of esters is 2. The number of benzene rings is 2. The third kappa shape index (κ3) is 6.76. The summed E-state index contributed by atoms with van der Waals surface area (Å²) in [6.45, 7) is 0.896. The zero-order valence-corrected chi connectivity index (χ0v) is 18.7. The van der Waals surface area contributed by atoms with Crippen LogP contribution in [0.25, 0.3) is 6.08 Å². The van der Waals surface area contributed by atoms with Gasteiger partial charge in [-0.05, 0) is 35.9 Å². The first kappa shape index (κ1) is 25.6. The van der Waals surface area contributed by atoms with E-state index in [1.807, 2.05) is 0 Å². The van der Waals surface area contributed by atoms with Gasteiger partial charge in [-0.15, -0.1) is 0 Å². The Balaban J connectivity index is 1.53. The van der Waals surface area contributed by atoms with Crippen LogP contribution in [0.3, 0.4) is 0 Å². The van der Waals surface area contributed by atoms with Crippen LogP contribution in [0.15, 0.2) is 48.5 Å². The summed E-state index contributed by atoms with van der Waals surface area (Å²) in [5.74, 6) is -0.528. The summed E-state index contributed by atoms with van der Waals surface area (Å²) >= 11 is 0. The fraction of sp³-hybridized carbons (Fsp3) is 0.304. The molecule has 1 aliphatic heterocycles. The molecule has 3 rings (SSSR count). The van der Waals surface area contributed by atoms with Crippen molar-refractivity contribution in [3.8, 4) is 17.2 Å². The van der Waals surface area contributed by atoms with Crippen molar-refractivity contribution in [3.05, 3.63) is 64.2 Å². The average Bonchev–Trinajstić information content (AvgIpc) is 3.09. The summed E-state index contributed by atoms with van der Waals surface area (Å²) in [5.41, 5.74) is 0.431. The van der Waals surface area contributed by atoms with E-state index in [-0.39, 0.29) is 23.8 Å². The number of aliphatic hydroxyl groups excluding tert-OH is 2. The highest BCUT2D eigenvalue weighted by Gasteiger charge is 2.44. The van der Waals surface area contributed by atoms with Gasteiger partial charge in [0.25, 0.3) is 5.69 Å². The quantitative estimate of drug-likeness (QED) is 0.173. The zero-order chi connectivity index (χ0) is 25.5. The van der Waals surface area contributed by atoms with Gasteiger partial charge in [-0.1, -0.05) is 6.07 Å². The SMILES string of the molecule is COc1cc(/C=C/C(=O)OC[C@@H]2O[C@@H](Oc3ccc([N+](=O)[O-])cc3)[C@H](O)[C@H]2O)ccc1OC(C)=O. The van der Waals surface area contributed by atoms with E-state index in [0.717, 1.165) is 6.08 Å². The molecule has 1 aliphatic rings. The first-order chi connectivity index (χ1) is 16.7. The Bertz CT molecular complexity index is 1100. The summed E-state index contributed by atoms with van der Waals surface area (Å²) in [5, 5.41) is 31.1. The molecular weight excluding hydrogens is 466 g/mol. The number of non-ortho nitro benzene ring substituents is 1. The maximum absolute atomic E-state index is 12.1. The molecule has 1 saturated heterocycles. The van der Waals surface area contributed by atoms with Gasteiger partial charge in [0.05, 0.1) is 12.0 Å². The van der Waals surface area contributed by atoms with Crippen molar-refractivity contribution in [3.63, 3.8) is 0 Å². The predicted octanol–water partition coefficient (Wildman–Crippen LogP) is 1.61. The number of rotatable bonds is 9. The predicted molar refractivity (Wildman–Crippen MR) is 119 cm³/mol. The van der Waals surface area contributed by atoms with Gasteiger partial charge >= 0.3 is 11.9 Å². The smallest absolute Gasteiger partial charge is 0.330 e. The van der Waals surface area contributed by atoms with E-state index in [1.165, 1.54) is 50.4 Å². The number of hydrogen-bond acceptors (Lipinski definition) is 11. The largest absolute Gasteiger partial charge is 0.493 e. The molecule has 0 radical (unpaired) electrons. The Morgan fingerprint density at radius 3 is 2.46 bits per heavy atom. The van der Waals surface area contributed by atoms with Crippen LogP contribution in [-0.2, 0) is 19.1 Å². The molecule has 0 aromatic heterocycles. The van der Waals surface area contributed by atoms with Crippen molar-refractivity contribution in [2.75, 3.05) is 13.7 Å². The molecule has 0 bridgehead atoms. The molecule has 0 saturated carbocycles. The maximum atomic E-state index is 12.1. The lowest BCUT2D eigenvalue weighted by Crippen LogP contribution is -2.36. The molecular formula is C23H23NO11. The molecule has 186 valence electrons.